The van der Waals surface area contributed by atoms with E-state index in [2.05, 4.69) is 15.3 Å². The zero-order valence-corrected chi connectivity index (χ0v) is 8.71. The molecule has 0 bridgehead atoms. The van der Waals surface area contributed by atoms with Gasteiger partial charge in [-0.3, -0.25) is 9.78 Å². The van der Waals surface area contributed by atoms with Crippen molar-refractivity contribution in [3.8, 4) is 0 Å². The van der Waals surface area contributed by atoms with E-state index in [1.165, 1.54) is 0 Å². The number of aromatic amines is 1. The highest BCUT2D eigenvalue weighted by atomic mass is 16.3. The number of nitrogens with zero attached hydrogens (tertiary/aromatic N) is 1. The quantitative estimate of drug-likeness (QED) is 0.657. The average molecular weight is 209 g/mol. The second-order valence-corrected chi connectivity index (χ2v) is 3.92. The molecule has 15 heavy (non-hydrogen) atoms. The predicted octanol–water partition coefficient (Wildman–Crippen LogP) is 0.0513. The first-order chi connectivity index (χ1) is 7.16. The van der Waals surface area contributed by atoms with Crippen LogP contribution in [0.3, 0.4) is 0 Å². The van der Waals surface area contributed by atoms with Gasteiger partial charge in [0.15, 0.2) is 0 Å². The second-order valence-electron chi connectivity index (χ2n) is 3.92. The van der Waals surface area contributed by atoms with E-state index in [4.69, 9.17) is 5.11 Å². The van der Waals surface area contributed by atoms with Crippen molar-refractivity contribution < 1.29 is 5.11 Å². The first-order valence-electron chi connectivity index (χ1n) is 5.21. The third kappa shape index (κ3) is 2.18. The molecule has 0 saturated carbocycles. The SMILES string of the molecule is CC(O)CNc1nc2c(c(=O)[nH]1)CCC2. The van der Waals surface area contributed by atoms with Crippen LogP contribution in [0.1, 0.15) is 24.6 Å². The number of aromatic nitrogens is 2. The third-order valence-electron chi connectivity index (χ3n) is 2.51. The Kier molecular flexibility index (Phi) is 2.73. The minimum Gasteiger partial charge on any atom is -0.392 e. The van der Waals surface area contributed by atoms with Crippen molar-refractivity contribution in [3.05, 3.63) is 21.6 Å². The molecule has 0 amide bonds. The summed E-state index contributed by atoms with van der Waals surface area (Å²) in [6, 6.07) is 0. The van der Waals surface area contributed by atoms with Crippen LogP contribution in [-0.4, -0.2) is 27.7 Å². The van der Waals surface area contributed by atoms with Gasteiger partial charge in [0, 0.05) is 12.1 Å². The van der Waals surface area contributed by atoms with Crippen LogP contribution < -0.4 is 10.9 Å². The Morgan fingerprint density at radius 1 is 1.60 bits per heavy atom. The smallest absolute Gasteiger partial charge is 0.255 e. The number of hydrogen-bond acceptors (Lipinski definition) is 4. The number of aryl methyl sites for hydroxylation is 1. The molecule has 1 aromatic rings. The molecule has 5 nitrogen and oxygen atoms in total. The molecule has 5 heteroatoms. The number of rotatable bonds is 3. The molecule has 0 radical (unpaired) electrons. The number of H-pyrrole nitrogens is 1. The van der Waals surface area contributed by atoms with Crippen molar-refractivity contribution >= 4 is 5.95 Å². The summed E-state index contributed by atoms with van der Waals surface area (Å²) in [5, 5.41) is 12.0. The summed E-state index contributed by atoms with van der Waals surface area (Å²) in [6.07, 6.45) is 2.26. The maximum atomic E-state index is 11.6. The van der Waals surface area contributed by atoms with Crippen LogP contribution in [0.25, 0.3) is 0 Å². The van der Waals surface area contributed by atoms with E-state index >= 15 is 0 Å². The van der Waals surface area contributed by atoms with Gasteiger partial charge >= 0.3 is 0 Å². The van der Waals surface area contributed by atoms with E-state index in [0.717, 1.165) is 30.5 Å². The van der Waals surface area contributed by atoms with Crippen molar-refractivity contribution in [1.29, 1.82) is 0 Å². The third-order valence-corrected chi connectivity index (χ3v) is 2.51. The number of aliphatic hydroxyl groups excluding tert-OH is 1. The Bertz CT molecular complexity index is 412. The van der Waals surface area contributed by atoms with Crippen molar-refractivity contribution in [2.45, 2.75) is 32.3 Å². The van der Waals surface area contributed by atoms with Crippen molar-refractivity contribution in [1.82, 2.24) is 9.97 Å². The largest absolute Gasteiger partial charge is 0.392 e. The summed E-state index contributed by atoms with van der Waals surface area (Å²) >= 11 is 0. The van der Waals surface area contributed by atoms with E-state index in [9.17, 15) is 4.79 Å². The lowest BCUT2D eigenvalue weighted by Crippen LogP contribution is -2.21. The summed E-state index contributed by atoms with van der Waals surface area (Å²) in [4.78, 5) is 18.6. The van der Waals surface area contributed by atoms with Gasteiger partial charge in [0.25, 0.3) is 5.56 Å². The predicted molar refractivity (Wildman–Crippen MR) is 57.1 cm³/mol. The molecular formula is C10H15N3O2. The van der Waals surface area contributed by atoms with E-state index in [1.807, 2.05) is 0 Å². The minimum absolute atomic E-state index is 0.0504. The van der Waals surface area contributed by atoms with E-state index < -0.39 is 6.10 Å². The minimum atomic E-state index is -0.455. The van der Waals surface area contributed by atoms with Crippen LogP contribution >= 0.6 is 0 Å². The van der Waals surface area contributed by atoms with Crippen LogP contribution in [0.2, 0.25) is 0 Å². The van der Waals surface area contributed by atoms with Crippen LogP contribution in [0.5, 0.6) is 0 Å². The van der Waals surface area contributed by atoms with Gasteiger partial charge in [-0.25, -0.2) is 4.98 Å². The average Bonchev–Trinajstić information content (AvgIpc) is 2.63. The molecule has 0 saturated heterocycles. The summed E-state index contributed by atoms with van der Waals surface area (Å²) < 4.78 is 0. The van der Waals surface area contributed by atoms with Gasteiger partial charge in [0.2, 0.25) is 5.95 Å². The maximum absolute atomic E-state index is 11.6. The first-order valence-corrected chi connectivity index (χ1v) is 5.21. The maximum Gasteiger partial charge on any atom is 0.255 e. The Morgan fingerprint density at radius 3 is 3.13 bits per heavy atom. The summed E-state index contributed by atoms with van der Waals surface area (Å²) in [7, 11) is 0. The van der Waals surface area contributed by atoms with Gasteiger partial charge in [0.1, 0.15) is 0 Å². The highest BCUT2D eigenvalue weighted by Crippen LogP contribution is 2.16. The van der Waals surface area contributed by atoms with Crippen molar-refractivity contribution in [2.75, 3.05) is 11.9 Å². The Balaban J connectivity index is 2.20. The van der Waals surface area contributed by atoms with Gasteiger partial charge in [0.05, 0.1) is 11.8 Å². The molecule has 1 atom stereocenters. The number of nitrogens with one attached hydrogen (secondary N) is 2. The van der Waals surface area contributed by atoms with Crippen molar-refractivity contribution in [2.24, 2.45) is 0 Å². The van der Waals surface area contributed by atoms with Crippen LogP contribution in [0.4, 0.5) is 5.95 Å². The van der Waals surface area contributed by atoms with E-state index in [0.29, 0.717) is 12.5 Å². The van der Waals surface area contributed by atoms with Crippen molar-refractivity contribution in [3.63, 3.8) is 0 Å². The van der Waals surface area contributed by atoms with Gasteiger partial charge in [-0.05, 0) is 26.2 Å². The molecule has 3 N–H and O–H groups in total. The van der Waals surface area contributed by atoms with E-state index in [-0.39, 0.29) is 5.56 Å². The molecule has 1 aliphatic carbocycles. The molecule has 1 aromatic heterocycles. The molecule has 0 aromatic carbocycles. The fourth-order valence-electron chi connectivity index (χ4n) is 1.77. The van der Waals surface area contributed by atoms with Gasteiger partial charge < -0.3 is 10.4 Å². The highest BCUT2D eigenvalue weighted by Gasteiger charge is 2.16. The fourth-order valence-corrected chi connectivity index (χ4v) is 1.77. The Labute approximate surface area is 87.6 Å². The molecule has 1 heterocycles. The van der Waals surface area contributed by atoms with Crippen LogP contribution in [-0.2, 0) is 12.8 Å². The Morgan fingerprint density at radius 2 is 2.40 bits per heavy atom. The second kappa shape index (κ2) is 4.02. The molecule has 1 unspecified atom stereocenters. The molecule has 2 rings (SSSR count). The summed E-state index contributed by atoms with van der Waals surface area (Å²) in [6.45, 7) is 2.07. The zero-order valence-electron chi connectivity index (χ0n) is 8.71. The topological polar surface area (TPSA) is 78.0 Å². The summed E-state index contributed by atoms with van der Waals surface area (Å²) in [5.74, 6) is 0.460. The normalized spacial score (nSPS) is 16.1. The van der Waals surface area contributed by atoms with Gasteiger partial charge in [-0.2, -0.15) is 0 Å². The summed E-state index contributed by atoms with van der Waals surface area (Å²) in [5.41, 5.74) is 1.66. The molecule has 0 aliphatic heterocycles. The monoisotopic (exact) mass is 209 g/mol. The molecule has 0 spiro atoms. The number of aliphatic hydroxyl groups is 1. The lowest BCUT2D eigenvalue weighted by molar-refractivity contribution is 0.208. The molecule has 1 aliphatic rings. The molecular weight excluding hydrogens is 194 g/mol. The van der Waals surface area contributed by atoms with Gasteiger partial charge in [-0.15, -0.1) is 0 Å². The molecule has 0 fully saturated rings. The van der Waals surface area contributed by atoms with Crippen LogP contribution in [0, 0.1) is 0 Å². The lowest BCUT2D eigenvalue weighted by Gasteiger charge is -2.08. The first kappa shape index (κ1) is 10.2. The van der Waals surface area contributed by atoms with E-state index in [1.54, 1.807) is 6.92 Å². The fraction of sp³-hybridized carbons (Fsp3) is 0.600. The number of anilines is 1. The van der Waals surface area contributed by atoms with Gasteiger partial charge in [-0.1, -0.05) is 0 Å². The number of fused-ring (bicyclic) bond motifs is 1. The number of hydrogen-bond donors (Lipinski definition) is 3. The van der Waals surface area contributed by atoms with Crippen LogP contribution in [0.15, 0.2) is 4.79 Å². The highest BCUT2D eigenvalue weighted by molar-refractivity contribution is 5.32. The lowest BCUT2D eigenvalue weighted by atomic mass is 10.3. The molecule has 82 valence electrons. The zero-order chi connectivity index (χ0) is 10.8. The standard InChI is InChI=1S/C10H15N3O2/c1-6(14)5-11-10-12-8-4-2-3-7(8)9(15)13-10/h6,14H,2-5H2,1H3,(H2,11,12,13,15). The Hall–Kier alpha value is -1.36.